The Balaban J connectivity index is 2.76. The lowest BCUT2D eigenvalue weighted by Crippen LogP contribution is -2.30. The third kappa shape index (κ3) is 4.55. The topological polar surface area (TPSA) is 78.9 Å². The van der Waals surface area contributed by atoms with Crippen molar-refractivity contribution in [1.82, 2.24) is 0 Å². The van der Waals surface area contributed by atoms with Crippen LogP contribution in [-0.4, -0.2) is 12.5 Å². The third-order valence-electron chi connectivity index (χ3n) is 2.77. The maximum absolute atomic E-state index is 12.0. The normalized spacial score (nSPS) is 12.0. The van der Waals surface area contributed by atoms with Gasteiger partial charge in [-0.15, -0.1) is 0 Å². The van der Waals surface area contributed by atoms with Crippen LogP contribution in [-0.2, 0) is 4.79 Å². The molecule has 0 heterocycles. The summed E-state index contributed by atoms with van der Waals surface area (Å²) < 4.78 is 0. The number of anilines is 1. The van der Waals surface area contributed by atoms with Crippen molar-refractivity contribution < 1.29 is 4.79 Å². The third-order valence-corrected chi connectivity index (χ3v) is 3.08. The number of nitriles is 1. The molecule has 1 atom stereocenters. The van der Waals surface area contributed by atoms with Gasteiger partial charge in [0.25, 0.3) is 0 Å². The van der Waals surface area contributed by atoms with Crippen LogP contribution in [0.25, 0.3) is 0 Å². The van der Waals surface area contributed by atoms with Crippen LogP contribution in [0.3, 0.4) is 0 Å². The van der Waals surface area contributed by atoms with Crippen molar-refractivity contribution in [3.63, 3.8) is 0 Å². The van der Waals surface area contributed by atoms with E-state index in [1.807, 2.05) is 6.07 Å². The van der Waals surface area contributed by atoms with E-state index in [1.54, 1.807) is 18.2 Å². The number of hydrogen-bond donors (Lipinski definition) is 2. The molecule has 0 radical (unpaired) electrons. The number of amides is 1. The molecule has 0 spiro atoms. The van der Waals surface area contributed by atoms with Crippen LogP contribution in [0.4, 0.5) is 5.69 Å². The monoisotopic (exact) mass is 279 g/mol. The van der Waals surface area contributed by atoms with Crippen molar-refractivity contribution in [2.75, 3.05) is 11.9 Å². The zero-order valence-corrected chi connectivity index (χ0v) is 11.9. The average Bonchev–Trinajstić information content (AvgIpc) is 2.35. The molecule has 0 fully saturated rings. The van der Waals surface area contributed by atoms with E-state index in [9.17, 15) is 4.79 Å². The maximum atomic E-state index is 12.0. The van der Waals surface area contributed by atoms with E-state index in [2.05, 4.69) is 19.2 Å². The lowest BCUT2D eigenvalue weighted by atomic mass is 9.96. The van der Waals surface area contributed by atoms with Crippen molar-refractivity contribution >= 4 is 23.2 Å². The highest BCUT2D eigenvalue weighted by Gasteiger charge is 2.18. The smallest absolute Gasteiger partial charge is 0.228 e. The molecule has 0 aliphatic carbocycles. The molecule has 5 heteroatoms. The van der Waals surface area contributed by atoms with Gasteiger partial charge >= 0.3 is 0 Å². The van der Waals surface area contributed by atoms with Crippen molar-refractivity contribution in [3.05, 3.63) is 28.8 Å². The highest BCUT2D eigenvalue weighted by atomic mass is 35.5. The summed E-state index contributed by atoms with van der Waals surface area (Å²) in [5.41, 5.74) is 6.59. The Hall–Kier alpha value is -1.57. The summed E-state index contributed by atoms with van der Waals surface area (Å²) in [6.45, 7) is 4.41. The number of carbonyl (C=O) groups excluding carboxylic acids is 1. The largest absolute Gasteiger partial charge is 0.330 e. The van der Waals surface area contributed by atoms with Gasteiger partial charge in [0.1, 0.15) is 6.07 Å². The molecular formula is C14H18ClN3O. The Labute approximate surface area is 118 Å². The van der Waals surface area contributed by atoms with Crippen LogP contribution in [0.5, 0.6) is 0 Å². The molecule has 3 N–H and O–H groups in total. The van der Waals surface area contributed by atoms with E-state index in [1.165, 1.54) is 0 Å². The fraction of sp³-hybridized carbons (Fsp3) is 0.429. The van der Waals surface area contributed by atoms with Crippen molar-refractivity contribution in [2.24, 2.45) is 17.6 Å². The Morgan fingerprint density at radius 2 is 2.21 bits per heavy atom. The minimum Gasteiger partial charge on any atom is -0.330 e. The molecule has 0 aliphatic rings. The van der Waals surface area contributed by atoms with Crippen molar-refractivity contribution in [2.45, 2.75) is 20.3 Å². The Bertz CT molecular complexity index is 494. The van der Waals surface area contributed by atoms with Gasteiger partial charge in [-0.2, -0.15) is 5.26 Å². The highest BCUT2D eigenvalue weighted by molar-refractivity contribution is 6.32. The number of rotatable bonds is 5. The fourth-order valence-electron chi connectivity index (χ4n) is 1.81. The summed E-state index contributed by atoms with van der Waals surface area (Å²) in [6, 6.07) is 6.78. The molecule has 0 bridgehead atoms. The molecule has 102 valence electrons. The predicted octanol–water partition coefficient (Wildman–Crippen LogP) is 2.77. The first-order valence-corrected chi connectivity index (χ1v) is 6.56. The number of nitrogens with zero attached hydrogens (tertiary/aromatic N) is 1. The second-order valence-electron chi connectivity index (χ2n) is 4.86. The second kappa shape index (κ2) is 7.13. The molecule has 0 saturated carbocycles. The maximum Gasteiger partial charge on any atom is 0.228 e. The van der Waals surface area contributed by atoms with Gasteiger partial charge in [-0.05, 0) is 30.5 Å². The summed E-state index contributed by atoms with van der Waals surface area (Å²) in [4.78, 5) is 12.0. The molecule has 1 unspecified atom stereocenters. The number of nitrogens with one attached hydrogen (secondary N) is 1. The van der Waals surface area contributed by atoms with Crippen LogP contribution < -0.4 is 11.1 Å². The zero-order valence-electron chi connectivity index (χ0n) is 11.1. The van der Waals surface area contributed by atoms with Gasteiger partial charge in [-0.3, -0.25) is 4.79 Å². The van der Waals surface area contributed by atoms with E-state index >= 15 is 0 Å². The van der Waals surface area contributed by atoms with E-state index < -0.39 is 0 Å². The van der Waals surface area contributed by atoms with Crippen molar-refractivity contribution in [3.8, 4) is 6.07 Å². The van der Waals surface area contributed by atoms with Crippen LogP contribution in [0.2, 0.25) is 5.02 Å². The summed E-state index contributed by atoms with van der Waals surface area (Å²) in [5.74, 6) is 0.0789. The number of nitrogens with two attached hydrogens (primary N) is 1. The van der Waals surface area contributed by atoms with Gasteiger partial charge < -0.3 is 11.1 Å². The van der Waals surface area contributed by atoms with Gasteiger partial charge in [-0.1, -0.05) is 25.4 Å². The van der Waals surface area contributed by atoms with Crippen LogP contribution in [0.1, 0.15) is 25.8 Å². The average molecular weight is 280 g/mol. The van der Waals surface area contributed by atoms with Gasteiger partial charge in [0, 0.05) is 12.2 Å². The predicted molar refractivity (Wildman–Crippen MR) is 76.8 cm³/mol. The van der Waals surface area contributed by atoms with Crippen LogP contribution >= 0.6 is 11.6 Å². The standard InChI is InChI=1S/C14H18ClN3O/c1-9(2)5-11(8-17)14(19)18-12-4-3-10(7-16)13(15)6-12/h3-4,6,9,11H,5,8,17H2,1-2H3,(H,18,19). The molecule has 1 aromatic rings. The summed E-state index contributed by atoms with van der Waals surface area (Å²) in [6.07, 6.45) is 0.742. The lowest BCUT2D eigenvalue weighted by Gasteiger charge is -2.17. The molecular weight excluding hydrogens is 262 g/mol. The van der Waals surface area contributed by atoms with E-state index in [0.717, 1.165) is 6.42 Å². The molecule has 0 saturated heterocycles. The van der Waals surface area contributed by atoms with Gasteiger partial charge in [0.05, 0.1) is 16.5 Å². The van der Waals surface area contributed by atoms with Crippen molar-refractivity contribution in [1.29, 1.82) is 5.26 Å². The number of halogens is 1. The molecule has 1 aromatic carbocycles. The molecule has 0 aliphatic heterocycles. The van der Waals surface area contributed by atoms with Crippen LogP contribution in [0.15, 0.2) is 18.2 Å². The molecule has 19 heavy (non-hydrogen) atoms. The number of hydrogen-bond acceptors (Lipinski definition) is 3. The zero-order chi connectivity index (χ0) is 14.4. The quantitative estimate of drug-likeness (QED) is 0.870. The first kappa shape index (κ1) is 15.5. The first-order chi connectivity index (χ1) is 8.97. The van der Waals surface area contributed by atoms with Crippen LogP contribution in [0, 0.1) is 23.2 Å². The minimum absolute atomic E-state index is 0.114. The fourth-order valence-corrected chi connectivity index (χ4v) is 2.03. The lowest BCUT2D eigenvalue weighted by molar-refractivity contribution is -0.120. The summed E-state index contributed by atoms with van der Waals surface area (Å²) in [7, 11) is 0. The van der Waals surface area contributed by atoms with E-state index in [4.69, 9.17) is 22.6 Å². The molecule has 4 nitrogen and oxygen atoms in total. The second-order valence-corrected chi connectivity index (χ2v) is 5.27. The summed E-state index contributed by atoms with van der Waals surface area (Å²) >= 11 is 5.91. The minimum atomic E-state index is -0.214. The Morgan fingerprint density at radius 1 is 1.53 bits per heavy atom. The summed E-state index contributed by atoms with van der Waals surface area (Å²) in [5, 5.41) is 11.9. The van der Waals surface area contributed by atoms with Gasteiger partial charge in [0.15, 0.2) is 0 Å². The SMILES string of the molecule is CC(C)CC(CN)C(=O)Nc1ccc(C#N)c(Cl)c1. The first-order valence-electron chi connectivity index (χ1n) is 6.18. The van der Waals surface area contributed by atoms with E-state index in [0.29, 0.717) is 28.7 Å². The number of carbonyl (C=O) groups is 1. The highest BCUT2D eigenvalue weighted by Crippen LogP contribution is 2.21. The Kier molecular flexibility index (Phi) is 5.81. The van der Waals surface area contributed by atoms with Gasteiger partial charge in [-0.25, -0.2) is 0 Å². The van der Waals surface area contributed by atoms with Gasteiger partial charge in [0.2, 0.25) is 5.91 Å². The molecule has 0 aromatic heterocycles. The molecule has 1 rings (SSSR count). The Morgan fingerprint density at radius 3 is 2.68 bits per heavy atom. The molecule has 1 amide bonds. The van der Waals surface area contributed by atoms with E-state index in [-0.39, 0.29) is 11.8 Å². The number of benzene rings is 1.